The summed E-state index contributed by atoms with van der Waals surface area (Å²) in [7, 11) is 0. The van der Waals surface area contributed by atoms with Gasteiger partial charge >= 0.3 is 5.97 Å². The largest absolute Gasteiger partial charge is 0.324 e. The zero-order chi connectivity index (χ0) is 13.0. The van der Waals surface area contributed by atoms with Crippen molar-refractivity contribution >= 4 is 0 Å². The summed E-state index contributed by atoms with van der Waals surface area (Å²) >= 11 is 0. The van der Waals surface area contributed by atoms with E-state index in [1.807, 2.05) is 26.8 Å². The molecule has 0 saturated carbocycles. The first-order valence-electron chi connectivity index (χ1n) is 6.84. The zero-order valence-electron chi connectivity index (χ0n) is 11.8. The van der Waals surface area contributed by atoms with Crippen molar-refractivity contribution in [1.82, 2.24) is 0 Å². The maximum Gasteiger partial charge on any atom is 0.304 e. The highest BCUT2D eigenvalue weighted by molar-refractivity contribution is 4.91. The molecule has 17 heavy (non-hydrogen) atoms. The van der Waals surface area contributed by atoms with Crippen molar-refractivity contribution in [2.75, 3.05) is 19.8 Å². The Morgan fingerprint density at radius 1 is 0.824 bits per heavy atom. The summed E-state index contributed by atoms with van der Waals surface area (Å²) in [4.78, 5) is 0. The molecule has 0 unspecified atom stereocenters. The minimum Gasteiger partial charge on any atom is -0.324 e. The van der Waals surface area contributed by atoms with Gasteiger partial charge in [-0.05, 0) is 33.6 Å². The second-order valence-corrected chi connectivity index (χ2v) is 3.80. The van der Waals surface area contributed by atoms with Gasteiger partial charge in [0.1, 0.15) is 0 Å². The summed E-state index contributed by atoms with van der Waals surface area (Å²) in [5.41, 5.74) is 0. The Bertz CT molecular complexity index is 173. The molecule has 0 aliphatic carbocycles. The average Bonchev–Trinajstić information content (AvgIpc) is 2.30. The SMILES string of the molecule is CCCCCC=CC(OCC)(OCC)OCC. The van der Waals surface area contributed by atoms with E-state index in [0.717, 1.165) is 6.42 Å². The number of hydrogen-bond donors (Lipinski definition) is 0. The van der Waals surface area contributed by atoms with Crippen molar-refractivity contribution < 1.29 is 14.2 Å². The molecule has 0 heterocycles. The van der Waals surface area contributed by atoms with Crippen LogP contribution in [0.5, 0.6) is 0 Å². The summed E-state index contributed by atoms with van der Waals surface area (Å²) in [6, 6.07) is 0. The van der Waals surface area contributed by atoms with Crippen molar-refractivity contribution in [1.29, 1.82) is 0 Å². The fourth-order valence-corrected chi connectivity index (χ4v) is 1.61. The minimum atomic E-state index is -0.982. The van der Waals surface area contributed by atoms with Crippen LogP contribution in [0.3, 0.4) is 0 Å². The molecule has 0 spiro atoms. The first-order chi connectivity index (χ1) is 8.24. The molecule has 0 atom stereocenters. The molecule has 0 aliphatic rings. The van der Waals surface area contributed by atoms with Crippen LogP contribution in [0, 0.1) is 0 Å². The molecule has 0 rings (SSSR count). The molecule has 3 heteroatoms. The van der Waals surface area contributed by atoms with Crippen LogP contribution >= 0.6 is 0 Å². The lowest BCUT2D eigenvalue weighted by molar-refractivity contribution is -0.345. The van der Waals surface area contributed by atoms with Crippen LogP contribution in [0.15, 0.2) is 12.2 Å². The highest BCUT2D eigenvalue weighted by Crippen LogP contribution is 2.18. The molecule has 102 valence electrons. The van der Waals surface area contributed by atoms with Gasteiger partial charge in [0, 0.05) is 25.9 Å². The van der Waals surface area contributed by atoms with E-state index in [9.17, 15) is 0 Å². The molecule has 0 bridgehead atoms. The molecule has 0 aromatic heterocycles. The lowest BCUT2D eigenvalue weighted by atomic mass is 10.2. The molecule has 0 aromatic rings. The quantitative estimate of drug-likeness (QED) is 0.313. The van der Waals surface area contributed by atoms with Gasteiger partial charge in [-0.15, -0.1) is 0 Å². The number of ether oxygens (including phenoxy) is 3. The number of hydrogen-bond acceptors (Lipinski definition) is 3. The molecule has 0 aliphatic heterocycles. The summed E-state index contributed by atoms with van der Waals surface area (Å²) < 4.78 is 16.8. The third-order valence-corrected chi connectivity index (χ3v) is 2.33. The van der Waals surface area contributed by atoms with Crippen molar-refractivity contribution in [3.63, 3.8) is 0 Å². The highest BCUT2D eigenvalue weighted by atomic mass is 16.9. The summed E-state index contributed by atoms with van der Waals surface area (Å²) in [6.45, 7) is 9.74. The van der Waals surface area contributed by atoms with Crippen molar-refractivity contribution in [2.24, 2.45) is 0 Å². The van der Waals surface area contributed by atoms with Gasteiger partial charge in [-0.3, -0.25) is 0 Å². The first kappa shape index (κ1) is 16.6. The first-order valence-corrected chi connectivity index (χ1v) is 6.84. The van der Waals surface area contributed by atoms with Gasteiger partial charge < -0.3 is 14.2 Å². The maximum absolute atomic E-state index is 5.59. The standard InChI is InChI=1S/C14H28O3/c1-5-9-10-11-12-13-14(15-6-2,16-7-3)17-8-4/h12-13H,5-11H2,1-4H3. The van der Waals surface area contributed by atoms with Gasteiger partial charge in [-0.1, -0.05) is 25.8 Å². The molecule has 0 amide bonds. The van der Waals surface area contributed by atoms with E-state index in [1.54, 1.807) is 0 Å². The van der Waals surface area contributed by atoms with Crippen LogP contribution in [0.1, 0.15) is 53.4 Å². The Labute approximate surface area is 106 Å². The molecule has 3 nitrogen and oxygen atoms in total. The molecular formula is C14H28O3. The van der Waals surface area contributed by atoms with Crippen LogP contribution in [-0.2, 0) is 14.2 Å². The maximum atomic E-state index is 5.59. The van der Waals surface area contributed by atoms with E-state index >= 15 is 0 Å². The van der Waals surface area contributed by atoms with Crippen molar-refractivity contribution in [3.05, 3.63) is 12.2 Å². The van der Waals surface area contributed by atoms with E-state index < -0.39 is 5.97 Å². The second-order valence-electron chi connectivity index (χ2n) is 3.80. The summed E-state index contributed by atoms with van der Waals surface area (Å²) in [6.07, 6.45) is 8.74. The predicted molar refractivity (Wildman–Crippen MR) is 70.9 cm³/mol. The third-order valence-electron chi connectivity index (χ3n) is 2.33. The summed E-state index contributed by atoms with van der Waals surface area (Å²) in [5.74, 6) is -0.982. The van der Waals surface area contributed by atoms with Gasteiger partial charge in [0.2, 0.25) is 0 Å². The number of allylic oxidation sites excluding steroid dienone is 1. The Morgan fingerprint density at radius 3 is 1.76 bits per heavy atom. The van der Waals surface area contributed by atoms with Gasteiger partial charge in [0.25, 0.3) is 0 Å². The monoisotopic (exact) mass is 244 g/mol. The normalized spacial score (nSPS) is 12.5. The van der Waals surface area contributed by atoms with E-state index in [0.29, 0.717) is 19.8 Å². The van der Waals surface area contributed by atoms with E-state index in [4.69, 9.17) is 14.2 Å². The topological polar surface area (TPSA) is 27.7 Å². The van der Waals surface area contributed by atoms with Crippen LogP contribution in [0.25, 0.3) is 0 Å². The van der Waals surface area contributed by atoms with Gasteiger partial charge in [0.15, 0.2) is 0 Å². The van der Waals surface area contributed by atoms with Crippen LogP contribution < -0.4 is 0 Å². The number of unbranched alkanes of at least 4 members (excludes halogenated alkanes) is 3. The Balaban J connectivity index is 4.31. The molecule has 0 aromatic carbocycles. The molecule has 0 saturated heterocycles. The van der Waals surface area contributed by atoms with Crippen LogP contribution in [-0.4, -0.2) is 25.8 Å². The van der Waals surface area contributed by atoms with E-state index in [-0.39, 0.29) is 0 Å². The third kappa shape index (κ3) is 7.53. The Hall–Kier alpha value is -0.380. The van der Waals surface area contributed by atoms with Crippen molar-refractivity contribution in [3.8, 4) is 0 Å². The lowest BCUT2D eigenvalue weighted by Crippen LogP contribution is -2.37. The Morgan fingerprint density at radius 2 is 1.35 bits per heavy atom. The lowest BCUT2D eigenvalue weighted by Gasteiger charge is -2.29. The summed E-state index contributed by atoms with van der Waals surface area (Å²) in [5, 5.41) is 0. The van der Waals surface area contributed by atoms with E-state index in [2.05, 4.69) is 13.0 Å². The molecular weight excluding hydrogens is 216 g/mol. The van der Waals surface area contributed by atoms with E-state index in [1.165, 1.54) is 19.3 Å². The van der Waals surface area contributed by atoms with Gasteiger partial charge in [-0.25, -0.2) is 0 Å². The van der Waals surface area contributed by atoms with Gasteiger partial charge in [-0.2, -0.15) is 0 Å². The number of rotatable bonds is 11. The van der Waals surface area contributed by atoms with Crippen molar-refractivity contribution in [2.45, 2.75) is 59.4 Å². The van der Waals surface area contributed by atoms with Gasteiger partial charge in [0.05, 0.1) is 0 Å². The predicted octanol–water partition coefficient (Wildman–Crippen LogP) is 3.89. The molecule has 0 fully saturated rings. The second kappa shape index (κ2) is 10.8. The fraction of sp³-hybridized carbons (Fsp3) is 0.857. The fourth-order valence-electron chi connectivity index (χ4n) is 1.61. The Kier molecular flexibility index (Phi) is 10.5. The molecule has 0 N–H and O–H groups in total. The smallest absolute Gasteiger partial charge is 0.304 e. The van der Waals surface area contributed by atoms with Crippen LogP contribution in [0.2, 0.25) is 0 Å². The highest BCUT2D eigenvalue weighted by Gasteiger charge is 2.28. The minimum absolute atomic E-state index is 0.569. The molecule has 0 radical (unpaired) electrons. The van der Waals surface area contributed by atoms with Crippen LogP contribution in [0.4, 0.5) is 0 Å². The average molecular weight is 244 g/mol. The zero-order valence-corrected chi connectivity index (χ0v) is 11.8.